The van der Waals surface area contributed by atoms with Gasteiger partial charge >= 0.3 is 6.03 Å². The zero-order chi connectivity index (χ0) is 16.2. The van der Waals surface area contributed by atoms with Crippen LogP contribution in [0.15, 0.2) is 18.3 Å². The molecule has 2 amide bonds. The number of amides is 2. The van der Waals surface area contributed by atoms with Crippen LogP contribution in [0.25, 0.3) is 11.2 Å². The molecular weight excluding hydrogens is 290 g/mol. The molecule has 0 saturated carbocycles. The van der Waals surface area contributed by atoms with Crippen molar-refractivity contribution >= 4 is 17.2 Å². The molecule has 3 heterocycles. The van der Waals surface area contributed by atoms with Crippen LogP contribution >= 0.6 is 0 Å². The fourth-order valence-corrected chi connectivity index (χ4v) is 3.23. The van der Waals surface area contributed by atoms with Gasteiger partial charge in [-0.15, -0.1) is 0 Å². The molecule has 1 saturated heterocycles. The van der Waals surface area contributed by atoms with Crippen molar-refractivity contribution in [3.63, 3.8) is 0 Å². The van der Waals surface area contributed by atoms with Gasteiger partial charge in [0, 0.05) is 38.3 Å². The van der Waals surface area contributed by atoms with E-state index in [2.05, 4.69) is 28.7 Å². The minimum atomic E-state index is 0.0469. The van der Waals surface area contributed by atoms with E-state index < -0.39 is 0 Å². The van der Waals surface area contributed by atoms with E-state index in [1.54, 1.807) is 0 Å². The second-order valence-electron chi connectivity index (χ2n) is 6.13. The molecule has 2 aromatic heterocycles. The average Bonchev–Trinajstić information content (AvgIpc) is 3.18. The van der Waals surface area contributed by atoms with Crippen molar-refractivity contribution in [3.8, 4) is 0 Å². The normalized spacial score (nSPS) is 17.8. The van der Waals surface area contributed by atoms with Gasteiger partial charge in [0.05, 0.1) is 0 Å². The number of hydrogen-bond donors (Lipinski definition) is 1. The van der Waals surface area contributed by atoms with Crippen molar-refractivity contribution in [1.29, 1.82) is 0 Å². The number of urea groups is 1. The maximum atomic E-state index is 12.1. The lowest BCUT2D eigenvalue weighted by atomic mass is 10.1. The van der Waals surface area contributed by atoms with Crippen LogP contribution < -0.4 is 5.32 Å². The Hall–Kier alpha value is -2.11. The van der Waals surface area contributed by atoms with Crippen molar-refractivity contribution in [3.05, 3.63) is 24.2 Å². The second kappa shape index (κ2) is 6.98. The first kappa shape index (κ1) is 15.8. The molecule has 0 aliphatic carbocycles. The second-order valence-corrected chi connectivity index (χ2v) is 6.13. The minimum Gasteiger partial charge on any atom is -0.338 e. The predicted octanol–water partition coefficient (Wildman–Crippen LogP) is 2.75. The highest BCUT2D eigenvalue weighted by molar-refractivity contribution is 5.75. The molecule has 1 fully saturated rings. The number of pyridine rings is 1. The van der Waals surface area contributed by atoms with Crippen LogP contribution in [-0.2, 0) is 6.54 Å². The summed E-state index contributed by atoms with van der Waals surface area (Å²) in [7, 11) is 0. The number of aryl methyl sites for hydroxylation is 1. The third-order valence-electron chi connectivity index (χ3n) is 4.35. The summed E-state index contributed by atoms with van der Waals surface area (Å²) in [5, 5.41) is 2.96. The molecular formula is C17H25N5O. The Morgan fingerprint density at radius 2 is 2.26 bits per heavy atom. The summed E-state index contributed by atoms with van der Waals surface area (Å²) in [5.41, 5.74) is 1.91. The van der Waals surface area contributed by atoms with Crippen LogP contribution in [0.3, 0.4) is 0 Å². The van der Waals surface area contributed by atoms with E-state index in [1.165, 1.54) is 0 Å². The van der Waals surface area contributed by atoms with Crippen LogP contribution in [0.4, 0.5) is 4.79 Å². The molecule has 1 unspecified atom stereocenters. The highest BCUT2D eigenvalue weighted by Gasteiger charge is 2.30. The van der Waals surface area contributed by atoms with Crippen molar-refractivity contribution in [2.24, 2.45) is 0 Å². The minimum absolute atomic E-state index is 0.0469. The number of carbonyl (C=O) groups excluding carboxylic acids is 1. The smallest absolute Gasteiger partial charge is 0.317 e. The molecule has 3 rings (SSSR count). The van der Waals surface area contributed by atoms with Crippen LogP contribution in [0.5, 0.6) is 0 Å². The van der Waals surface area contributed by atoms with Gasteiger partial charge in [0.1, 0.15) is 11.3 Å². The fraction of sp³-hybridized carbons (Fsp3) is 0.588. The van der Waals surface area contributed by atoms with E-state index >= 15 is 0 Å². The first-order valence-electron chi connectivity index (χ1n) is 8.58. The van der Waals surface area contributed by atoms with Gasteiger partial charge in [0.15, 0.2) is 5.65 Å². The van der Waals surface area contributed by atoms with E-state index in [1.807, 2.05) is 23.2 Å². The number of rotatable bonds is 5. The largest absolute Gasteiger partial charge is 0.338 e. The Morgan fingerprint density at radius 3 is 3.04 bits per heavy atom. The van der Waals surface area contributed by atoms with E-state index in [4.69, 9.17) is 4.98 Å². The molecule has 23 heavy (non-hydrogen) atoms. The van der Waals surface area contributed by atoms with Crippen molar-refractivity contribution in [1.82, 2.24) is 24.8 Å². The van der Waals surface area contributed by atoms with Gasteiger partial charge in [-0.1, -0.05) is 13.8 Å². The summed E-state index contributed by atoms with van der Waals surface area (Å²) in [5.74, 6) is 1.37. The quantitative estimate of drug-likeness (QED) is 0.923. The molecule has 1 N–H and O–H groups in total. The van der Waals surface area contributed by atoms with Gasteiger partial charge in [-0.05, 0) is 31.4 Å². The summed E-state index contributed by atoms with van der Waals surface area (Å²) in [6.45, 7) is 7.41. The number of likely N-dealkylation sites (tertiary alicyclic amines) is 1. The Labute approximate surface area is 136 Å². The summed E-state index contributed by atoms with van der Waals surface area (Å²) in [6, 6.07) is 3.98. The molecule has 6 nitrogen and oxygen atoms in total. The molecule has 124 valence electrons. The van der Waals surface area contributed by atoms with Gasteiger partial charge < -0.3 is 14.8 Å². The lowest BCUT2D eigenvalue weighted by molar-refractivity contribution is 0.208. The van der Waals surface area contributed by atoms with Crippen molar-refractivity contribution in [2.45, 2.75) is 45.6 Å². The van der Waals surface area contributed by atoms with Crippen molar-refractivity contribution < 1.29 is 4.79 Å². The van der Waals surface area contributed by atoms with Gasteiger partial charge in [-0.3, -0.25) is 0 Å². The molecule has 0 aromatic carbocycles. The van der Waals surface area contributed by atoms with Crippen molar-refractivity contribution in [2.75, 3.05) is 19.6 Å². The first-order valence-corrected chi connectivity index (χ1v) is 8.58. The molecule has 1 atom stereocenters. The summed E-state index contributed by atoms with van der Waals surface area (Å²) in [6.07, 6.45) is 4.79. The van der Waals surface area contributed by atoms with E-state index in [0.29, 0.717) is 5.92 Å². The number of nitrogens with zero attached hydrogens (tertiary/aromatic N) is 4. The first-order chi connectivity index (χ1) is 11.2. The highest BCUT2D eigenvalue weighted by Crippen LogP contribution is 2.29. The number of aromatic nitrogens is 3. The van der Waals surface area contributed by atoms with Crippen LogP contribution in [0, 0.1) is 0 Å². The number of nitrogens with one attached hydrogen (secondary N) is 1. The topological polar surface area (TPSA) is 63.1 Å². The molecule has 6 heteroatoms. The standard InChI is InChI=1S/C17H25N5O/c1-3-8-19-17(23)21-11-7-13(12-21)15-20-14-6-5-9-18-16(14)22(15)10-4-2/h5-6,9,13H,3-4,7-8,10-12H2,1-2H3,(H,19,23). The molecule has 1 aliphatic rings. The monoisotopic (exact) mass is 315 g/mol. The summed E-state index contributed by atoms with van der Waals surface area (Å²) >= 11 is 0. The lowest BCUT2D eigenvalue weighted by Gasteiger charge is -2.17. The molecule has 0 bridgehead atoms. The van der Waals surface area contributed by atoms with Gasteiger partial charge in [-0.2, -0.15) is 0 Å². The van der Waals surface area contributed by atoms with Crippen LogP contribution in [0.2, 0.25) is 0 Å². The third-order valence-corrected chi connectivity index (χ3v) is 4.35. The van der Waals surface area contributed by atoms with E-state index in [-0.39, 0.29) is 6.03 Å². The van der Waals surface area contributed by atoms with E-state index in [9.17, 15) is 4.79 Å². The average molecular weight is 315 g/mol. The van der Waals surface area contributed by atoms with Gasteiger partial charge in [0.25, 0.3) is 0 Å². The summed E-state index contributed by atoms with van der Waals surface area (Å²) in [4.78, 5) is 23.4. The van der Waals surface area contributed by atoms with Crippen LogP contribution in [0.1, 0.15) is 44.9 Å². The van der Waals surface area contributed by atoms with Crippen LogP contribution in [-0.4, -0.2) is 45.1 Å². The molecule has 0 radical (unpaired) electrons. The Kier molecular flexibility index (Phi) is 4.79. The fourth-order valence-electron chi connectivity index (χ4n) is 3.23. The van der Waals surface area contributed by atoms with Gasteiger partial charge in [0.2, 0.25) is 0 Å². The van der Waals surface area contributed by atoms with E-state index in [0.717, 1.165) is 62.4 Å². The predicted molar refractivity (Wildman–Crippen MR) is 90.4 cm³/mol. The SMILES string of the molecule is CCCNC(=O)N1CCC(c2nc3cccnc3n2CCC)C1. The molecule has 1 aliphatic heterocycles. The number of imidazole rings is 1. The zero-order valence-corrected chi connectivity index (χ0v) is 14.0. The number of fused-ring (bicyclic) bond motifs is 1. The molecule has 0 spiro atoms. The highest BCUT2D eigenvalue weighted by atomic mass is 16.2. The maximum Gasteiger partial charge on any atom is 0.317 e. The lowest BCUT2D eigenvalue weighted by Crippen LogP contribution is -2.38. The molecule has 2 aromatic rings. The zero-order valence-electron chi connectivity index (χ0n) is 14.0. The number of carbonyl (C=O) groups is 1. The Balaban J connectivity index is 1.81. The van der Waals surface area contributed by atoms with Gasteiger partial charge in [-0.25, -0.2) is 14.8 Å². The third kappa shape index (κ3) is 3.16. The maximum absolute atomic E-state index is 12.1. The summed E-state index contributed by atoms with van der Waals surface area (Å²) < 4.78 is 2.23. The Morgan fingerprint density at radius 1 is 1.39 bits per heavy atom. The number of hydrogen-bond acceptors (Lipinski definition) is 3. The Bertz CT molecular complexity index is 681.